The van der Waals surface area contributed by atoms with Gasteiger partial charge in [-0.1, -0.05) is 18.2 Å². The number of hydrogen-bond acceptors (Lipinski definition) is 2. The summed E-state index contributed by atoms with van der Waals surface area (Å²) in [4.78, 5) is 2.35. The van der Waals surface area contributed by atoms with E-state index in [9.17, 15) is 5.11 Å². The number of likely N-dealkylation sites (tertiary alicyclic amines) is 1. The number of aryl methyl sites for hydroxylation is 2. The molecule has 1 saturated heterocycles. The molecule has 0 radical (unpaired) electrons. The van der Waals surface area contributed by atoms with Crippen LogP contribution >= 0.6 is 0 Å². The van der Waals surface area contributed by atoms with Crippen LogP contribution in [-0.2, 0) is 6.54 Å². The first-order chi connectivity index (χ1) is 8.07. The molecule has 0 atom stereocenters. The van der Waals surface area contributed by atoms with E-state index in [4.69, 9.17) is 0 Å². The van der Waals surface area contributed by atoms with Crippen LogP contribution < -0.4 is 0 Å². The Labute approximate surface area is 103 Å². The molecule has 1 N–H and O–H groups in total. The maximum atomic E-state index is 10.3. The standard InChI is InChI=1S/C15H21NO/c1-11-3-4-13(7-12(11)2)8-16-9-15(17,10-16)14-5-6-14/h3-4,7,14,17H,5-6,8-10H2,1-2H3. The number of hydrogen-bond donors (Lipinski definition) is 1. The third-order valence-electron chi connectivity index (χ3n) is 4.31. The van der Waals surface area contributed by atoms with Crippen molar-refractivity contribution >= 4 is 0 Å². The maximum absolute atomic E-state index is 10.3. The second-order valence-electron chi connectivity index (χ2n) is 5.94. The van der Waals surface area contributed by atoms with Crippen LogP contribution in [0.15, 0.2) is 18.2 Å². The minimum atomic E-state index is -0.347. The van der Waals surface area contributed by atoms with Crippen LogP contribution in [0.25, 0.3) is 0 Å². The van der Waals surface area contributed by atoms with Crippen LogP contribution in [0, 0.1) is 19.8 Å². The number of nitrogens with zero attached hydrogens (tertiary/aromatic N) is 1. The van der Waals surface area contributed by atoms with E-state index in [1.54, 1.807) is 0 Å². The third kappa shape index (κ3) is 2.12. The lowest BCUT2D eigenvalue weighted by atomic mass is 9.88. The van der Waals surface area contributed by atoms with Crippen molar-refractivity contribution in [1.82, 2.24) is 4.90 Å². The largest absolute Gasteiger partial charge is 0.387 e. The van der Waals surface area contributed by atoms with Gasteiger partial charge in [0.1, 0.15) is 0 Å². The van der Waals surface area contributed by atoms with Crippen LogP contribution in [0.2, 0.25) is 0 Å². The number of benzene rings is 1. The maximum Gasteiger partial charge on any atom is 0.0928 e. The van der Waals surface area contributed by atoms with Gasteiger partial charge in [-0.3, -0.25) is 4.90 Å². The van der Waals surface area contributed by atoms with E-state index in [-0.39, 0.29) is 5.60 Å². The van der Waals surface area contributed by atoms with Gasteiger partial charge in [-0.15, -0.1) is 0 Å². The molecule has 0 aromatic heterocycles. The Morgan fingerprint density at radius 1 is 1.24 bits per heavy atom. The highest BCUT2D eigenvalue weighted by atomic mass is 16.3. The van der Waals surface area contributed by atoms with Gasteiger partial charge in [-0.05, 0) is 49.3 Å². The summed E-state index contributed by atoms with van der Waals surface area (Å²) in [6.07, 6.45) is 2.46. The van der Waals surface area contributed by atoms with Gasteiger partial charge >= 0.3 is 0 Å². The fourth-order valence-electron chi connectivity index (χ4n) is 2.88. The highest BCUT2D eigenvalue weighted by Crippen LogP contribution is 2.44. The fourth-order valence-corrected chi connectivity index (χ4v) is 2.88. The fraction of sp³-hybridized carbons (Fsp3) is 0.600. The van der Waals surface area contributed by atoms with Crippen molar-refractivity contribution in [1.29, 1.82) is 0 Å². The number of aliphatic hydroxyl groups is 1. The molecular weight excluding hydrogens is 210 g/mol. The molecule has 1 aromatic carbocycles. The second kappa shape index (κ2) is 3.82. The predicted octanol–water partition coefficient (Wildman–Crippen LogP) is 2.26. The first-order valence-electron chi connectivity index (χ1n) is 6.58. The molecule has 3 rings (SSSR count). The number of β-amino-alcohol motifs (C(OH)–C–C–N with tert-alkyl or cyclic N) is 1. The van der Waals surface area contributed by atoms with Gasteiger partial charge in [-0.25, -0.2) is 0 Å². The molecule has 92 valence electrons. The zero-order chi connectivity index (χ0) is 12.0. The van der Waals surface area contributed by atoms with E-state index in [1.165, 1.54) is 29.5 Å². The van der Waals surface area contributed by atoms with E-state index in [2.05, 4.69) is 36.9 Å². The molecule has 1 aliphatic heterocycles. The second-order valence-corrected chi connectivity index (χ2v) is 5.94. The van der Waals surface area contributed by atoms with Gasteiger partial charge in [0.2, 0.25) is 0 Å². The molecule has 0 bridgehead atoms. The minimum absolute atomic E-state index is 0.347. The first-order valence-corrected chi connectivity index (χ1v) is 6.58. The summed E-state index contributed by atoms with van der Waals surface area (Å²) in [5.41, 5.74) is 3.73. The third-order valence-corrected chi connectivity index (χ3v) is 4.31. The average molecular weight is 231 g/mol. The van der Waals surface area contributed by atoms with E-state index >= 15 is 0 Å². The van der Waals surface area contributed by atoms with E-state index in [0.717, 1.165) is 19.6 Å². The summed E-state index contributed by atoms with van der Waals surface area (Å²) in [7, 11) is 0. The topological polar surface area (TPSA) is 23.5 Å². The van der Waals surface area contributed by atoms with Crippen LogP contribution in [0.5, 0.6) is 0 Å². The van der Waals surface area contributed by atoms with Crippen molar-refractivity contribution < 1.29 is 5.11 Å². The molecule has 2 heteroatoms. The van der Waals surface area contributed by atoms with Crippen molar-refractivity contribution in [2.75, 3.05) is 13.1 Å². The van der Waals surface area contributed by atoms with Crippen LogP contribution in [0.3, 0.4) is 0 Å². The normalized spacial score (nSPS) is 23.5. The van der Waals surface area contributed by atoms with E-state index in [0.29, 0.717) is 5.92 Å². The van der Waals surface area contributed by atoms with E-state index in [1.807, 2.05) is 0 Å². The lowest BCUT2D eigenvalue weighted by molar-refractivity contribution is -0.116. The number of rotatable bonds is 3. The Hall–Kier alpha value is -0.860. The van der Waals surface area contributed by atoms with Gasteiger partial charge in [0, 0.05) is 19.6 Å². The molecule has 1 saturated carbocycles. The van der Waals surface area contributed by atoms with Gasteiger partial charge in [-0.2, -0.15) is 0 Å². The smallest absolute Gasteiger partial charge is 0.0928 e. The van der Waals surface area contributed by atoms with Crippen LogP contribution in [0.4, 0.5) is 0 Å². The zero-order valence-electron chi connectivity index (χ0n) is 10.7. The van der Waals surface area contributed by atoms with Gasteiger partial charge in [0.25, 0.3) is 0 Å². The summed E-state index contributed by atoms with van der Waals surface area (Å²) in [5, 5.41) is 10.3. The summed E-state index contributed by atoms with van der Waals surface area (Å²) in [6.45, 7) is 7.02. The predicted molar refractivity (Wildman–Crippen MR) is 68.9 cm³/mol. The highest BCUT2D eigenvalue weighted by molar-refractivity contribution is 5.30. The Balaban J connectivity index is 1.59. The molecular formula is C15H21NO. The van der Waals surface area contributed by atoms with Crippen molar-refractivity contribution in [2.24, 2.45) is 5.92 Å². The molecule has 0 spiro atoms. The van der Waals surface area contributed by atoms with Gasteiger partial charge in [0.15, 0.2) is 0 Å². The van der Waals surface area contributed by atoms with Crippen LogP contribution in [0.1, 0.15) is 29.5 Å². The van der Waals surface area contributed by atoms with Crippen LogP contribution in [-0.4, -0.2) is 28.7 Å². The molecule has 1 aliphatic carbocycles. The lowest BCUT2D eigenvalue weighted by Crippen LogP contribution is -2.62. The minimum Gasteiger partial charge on any atom is -0.387 e. The molecule has 2 nitrogen and oxygen atoms in total. The first kappa shape index (κ1) is 11.2. The summed E-state index contributed by atoms with van der Waals surface area (Å²) in [5.74, 6) is 0.596. The molecule has 2 aliphatic rings. The molecule has 2 fully saturated rings. The SMILES string of the molecule is Cc1ccc(CN2CC(O)(C3CC3)C2)cc1C. The molecule has 17 heavy (non-hydrogen) atoms. The summed E-state index contributed by atoms with van der Waals surface area (Å²) >= 11 is 0. The Bertz CT molecular complexity index is 431. The van der Waals surface area contributed by atoms with Gasteiger partial charge < -0.3 is 5.11 Å². The van der Waals surface area contributed by atoms with Crippen molar-refractivity contribution in [3.8, 4) is 0 Å². The Morgan fingerprint density at radius 2 is 1.94 bits per heavy atom. The molecule has 1 aromatic rings. The Morgan fingerprint density at radius 3 is 2.53 bits per heavy atom. The lowest BCUT2D eigenvalue weighted by Gasteiger charge is -2.47. The van der Waals surface area contributed by atoms with Crippen molar-refractivity contribution in [3.63, 3.8) is 0 Å². The van der Waals surface area contributed by atoms with Crippen molar-refractivity contribution in [3.05, 3.63) is 34.9 Å². The zero-order valence-corrected chi connectivity index (χ0v) is 10.7. The molecule has 1 heterocycles. The highest BCUT2D eigenvalue weighted by Gasteiger charge is 2.51. The molecule has 0 amide bonds. The summed E-state index contributed by atoms with van der Waals surface area (Å²) < 4.78 is 0. The quantitative estimate of drug-likeness (QED) is 0.862. The monoisotopic (exact) mass is 231 g/mol. The average Bonchev–Trinajstić information content (AvgIpc) is 3.04. The van der Waals surface area contributed by atoms with Gasteiger partial charge in [0.05, 0.1) is 5.60 Å². The molecule has 0 unspecified atom stereocenters. The van der Waals surface area contributed by atoms with E-state index < -0.39 is 0 Å². The summed E-state index contributed by atoms with van der Waals surface area (Å²) in [6, 6.07) is 6.66. The van der Waals surface area contributed by atoms with Crippen molar-refractivity contribution in [2.45, 2.75) is 38.8 Å². The Kier molecular flexibility index (Phi) is 2.53.